The highest BCUT2D eigenvalue weighted by molar-refractivity contribution is 5.87. The molecule has 1 amide bonds. The lowest BCUT2D eigenvalue weighted by molar-refractivity contribution is -0.128. The summed E-state index contributed by atoms with van der Waals surface area (Å²) in [6, 6.07) is 9.81. The van der Waals surface area contributed by atoms with Crippen molar-refractivity contribution in [3.63, 3.8) is 0 Å². The van der Waals surface area contributed by atoms with Gasteiger partial charge in [-0.2, -0.15) is 13.2 Å². The molecular formula is C25H26F4N2O2. The Morgan fingerprint density at radius 1 is 1.06 bits per heavy atom. The van der Waals surface area contributed by atoms with Gasteiger partial charge in [0.1, 0.15) is 11.4 Å². The first-order valence-corrected chi connectivity index (χ1v) is 10.8. The SMILES string of the molecule is Cn1c(CC(F)(F)F)cc2cc(F)c(-c3ccc4c(c3)CCN(C(=O)OC(C)(C)C)C4)cc21. The molecule has 2 heterocycles. The third kappa shape index (κ3) is 4.99. The number of aromatic nitrogens is 1. The number of rotatable bonds is 2. The van der Waals surface area contributed by atoms with Crippen LogP contribution in [0.4, 0.5) is 22.4 Å². The van der Waals surface area contributed by atoms with Gasteiger partial charge in [-0.1, -0.05) is 18.2 Å². The van der Waals surface area contributed by atoms with Gasteiger partial charge in [0.2, 0.25) is 0 Å². The molecule has 0 spiro atoms. The molecule has 8 heteroatoms. The number of nitrogens with zero attached hydrogens (tertiary/aromatic N) is 2. The Balaban J connectivity index is 1.63. The number of benzene rings is 2. The summed E-state index contributed by atoms with van der Waals surface area (Å²) >= 11 is 0. The average Bonchev–Trinajstić information content (AvgIpc) is 2.98. The van der Waals surface area contributed by atoms with E-state index in [1.165, 1.54) is 16.7 Å². The van der Waals surface area contributed by atoms with E-state index in [4.69, 9.17) is 4.74 Å². The largest absolute Gasteiger partial charge is 0.444 e. The van der Waals surface area contributed by atoms with Crippen LogP contribution in [-0.4, -0.2) is 33.9 Å². The van der Waals surface area contributed by atoms with E-state index in [0.29, 0.717) is 41.5 Å². The van der Waals surface area contributed by atoms with Crippen LogP contribution in [0.5, 0.6) is 0 Å². The monoisotopic (exact) mass is 462 g/mol. The van der Waals surface area contributed by atoms with E-state index >= 15 is 0 Å². The molecule has 0 bridgehead atoms. The van der Waals surface area contributed by atoms with Gasteiger partial charge < -0.3 is 14.2 Å². The van der Waals surface area contributed by atoms with Crippen molar-refractivity contribution in [2.75, 3.05) is 6.54 Å². The summed E-state index contributed by atoms with van der Waals surface area (Å²) in [6.45, 7) is 6.36. The molecule has 1 aliphatic heterocycles. The predicted octanol–water partition coefficient (Wildman–Crippen LogP) is 6.38. The van der Waals surface area contributed by atoms with Crippen molar-refractivity contribution in [3.05, 3.63) is 59.0 Å². The van der Waals surface area contributed by atoms with E-state index in [0.717, 1.165) is 11.1 Å². The van der Waals surface area contributed by atoms with Crippen molar-refractivity contribution in [1.29, 1.82) is 0 Å². The minimum Gasteiger partial charge on any atom is -0.444 e. The number of alkyl halides is 3. The molecule has 176 valence electrons. The topological polar surface area (TPSA) is 34.5 Å². The Labute approximate surface area is 189 Å². The predicted molar refractivity (Wildman–Crippen MR) is 118 cm³/mol. The summed E-state index contributed by atoms with van der Waals surface area (Å²) in [5, 5.41) is 0.434. The summed E-state index contributed by atoms with van der Waals surface area (Å²) in [5.74, 6) is -0.488. The lowest BCUT2D eigenvalue weighted by Gasteiger charge is -2.31. The molecule has 33 heavy (non-hydrogen) atoms. The molecule has 0 N–H and O–H groups in total. The molecule has 2 aromatic carbocycles. The number of amides is 1. The third-order valence-electron chi connectivity index (χ3n) is 5.79. The van der Waals surface area contributed by atoms with Gasteiger partial charge in [-0.25, -0.2) is 9.18 Å². The van der Waals surface area contributed by atoms with Crippen LogP contribution in [0.25, 0.3) is 22.0 Å². The molecule has 0 aliphatic carbocycles. The average molecular weight is 462 g/mol. The first kappa shape index (κ1) is 23.1. The van der Waals surface area contributed by atoms with Crippen molar-refractivity contribution >= 4 is 17.0 Å². The maximum atomic E-state index is 14.9. The van der Waals surface area contributed by atoms with Gasteiger partial charge >= 0.3 is 12.3 Å². The van der Waals surface area contributed by atoms with Crippen molar-refractivity contribution < 1.29 is 27.1 Å². The highest BCUT2D eigenvalue weighted by atomic mass is 19.4. The van der Waals surface area contributed by atoms with Gasteiger partial charge in [0.15, 0.2) is 0 Å². The number of ether oxygens (including phenoxy) is 1. The highest BCUT2D eigenvalue weighted by Gasteiger charge is 2.30. The fraction of sp³-hybridized carbons (Fsp3) is 0.400. The smallest absolute Gasteiger partial charge is 0.410 e. The first-order valence-electron chi connectivity index (χ1n) is 10.8. The number of halogens is 4. The van der Waals surface area contributed by atoms with Crippen LogP contribution in [0, 0.1) is 5.82 Å². The molecule has 3 aromatic rings. The normalized spacial score (nSPS) is 14.5. The van der Waals surface area contributed by atoms with E-state index in [9.17, 15) is 22.4 Å². The Morgan fingerprint density at radius 2 is 1.79 bits per heavy atom. The Kier molecular flexibility index (Phi) is 5.66. The van der Waals surface area contributed by atoms with Crippen molar-refractivity contribution in [3.8, 4) is 11.1 Å². The zero-order valence-electron chi connectivity index (χ0n) is 19.0. The van der Waals surface area contributed by atoms with Crippen molar-refractivity contribution in [2.24, 2.45) is 7.05 Å². The van der Waals surface area contributed by atoms with Gasteiger partial charge in [-0.05, 0) is 62.1 Å². The van der Waals surface area contributed by atoms with E-state index in [1.54, 1.807) is 24.1 Å². The summed E-state index contributed by atoms with van der Waals surface area (Å²) in [7, 11) is 1.56. The fourth-order valence-corrected chi connectivity index (χ4v) is 4.21. The summed E-state index contributed by atoms with van der Waals surface area (Å²) in [5.41, 5.74) is 3.01. The first-order chi connectivity index (χ1) is 15.3. The maximum absolute atomic E-state index is 14.9. The van der Waals surface area contributed by atoms with Gasteiger partial charge in [-0.3, -0.25) is 0 Å². The second kappa shape index (κ2) is 8.08. The molecule has 1 aliphatic rings. The van der Waals surface area contributed by atoms with E-state index < -0.39 is 24.0 Å². The van der Waals surface area contributed by atoms with E-state index in [1.807, 2.05) is 32.9 Å². The molecule has 0 saturated heterocycles. The highest BCUT2D eigenvalue weighted by Crippen LogP contribution is 2.33. The second-order valence-electron chi connectivity index (χ2n) is 9.51. The van der Waals surface area contributed by atoms with Crippen LogP contribution in [0.1, 0.15) is 37.6 Å². The van der Waals surface area contributed by atoms with Crippen LogP contribution < -0.4 is 0 Å². The fourth-order valence-electron chi connectivity index (χ4n) is 4.21. The Hall–Kier alpha value is -3.03. The van der Waals surface area contributed by atoms with Crippen LogP contribution in [0.15, 0.2) is 36.4 Å². The maximum Gasteiger partial charge on any atom is 0.410 e. The van der Waals surface area contributed by atoms with Gasteiger partial charge in [0.25, 0.3) is 0 Å². The number of hydrogen-bond acceptors (Lipinski definition) is 2. The van der Waals surface area contributed by atoms with Crippen LogP contribution in [0.2, 0.25) is 0 Å². The molecule has 0 radical (unpaired) electrons. The number of carbonyl (C=O) groups is 1. The van der Waals surface area contributed by atoms with Crippen LogP contribution >= 0.6 is 0 Å². The number of carbonyl (C=O) groups excluding carboxylic acids is 1. The quantitative estimate of drug-likeness (QED) is 0.414. The Bertz CT molecular complexity index is 1220. The molecule has 4 rings (SSSR count). The minimum atomic E-state index is -4.34. The zero-order chi connectivity index (χ0) is 24.1. The number of aryl methyl sites for hydroxylation is 1. The number of fused-ring (bicyclic) bond motifs is 2. The minimum absolute atomic E-state index is 0.0849. The Morgan fingerprint density at radius 3 is 2.45 bits per heavy atom. The van der Waals surface area contributed by atoms with E-state index in [2.05, 4.69) is 0 Å². The third-order valence-corrected chi connectivity index (χ3v) is 5.79. The van der Waals surface area contributed by atoms with Crippen LogP contribution in [0.3, 0.4) is 0 Å². The summed E-state index contributed by atoms with van der Waals surface area (Å²) < 4.78 is 60.5. The van der Waals surface area contributed by atoms with Gasteiger partial charge in [0.05, 0.1) is 6.42 Å². The lowest BCUT2D eigenvalue weighted by atomic mass is 9.94. The number of hydrogen-bond donors (Lipinski definition) is 0. The zero-order valence-corrected chi connectivity index (χ0v) is 19.0. The van der Waals surface area contributed by atoms with Crippen molar-refractivity contribution in [1.82, 2.24) is 9.47 Å². The van der Waals surface area contributed by atoms with Crippen LogP contribution in [-0.2, 0) is 31.2 Å². The van der Waals surface area contributed by atoms with Gasteiger partial charge in [-0.15, -0.1) is 0 Å². The van der Waals surface area contributed by atoms with E-state index in [-0.39, 0.29) is 11.8 Å². The molecule has 0 fully saturated rings. The summed E-state index contributed by atoms with van der Waals surface area (Å²) in [6.07, 6.45) is -5.17. The lowest BCUT2D eigenvalue weighted by Crippen LogP contribution is -2.39. The summed E-state index contributed by atoms with van der Waals surface area (Å²) in [4.78, 5) is 14.0. The molecule has 0 unspecified atom stereocenters. The molecule has 4 nitrogen and oxygen atoms in total. The second-order valence-corrected chi connectivity index (χ2v) is 9.51. The van der Waals surface area contributed by atoms with Crippen molar-refractivity contribution in [2.45, 2.75) is 51.9 Å². The molecule has 0 saturated carbocycles. The van der Waals surface area contributed by atoms with Gasteiger partial charge in [0, 0.05) is 42.3 Å². The molecular weight excluding hydrogens is 436 g/mol. The molecule has 0 atom stereocenters. The molecule has 1 aromatic heterocycles. The standard InChI is InChI=1S/C25H26F4N2O2/c1-24(2,3)33-23(32)31-8-7-15-9-16(5-6-17(15)14-31)20-12-22-18(11-21(20)26)10-19(30(22)4)13-25(27,28)29/h5-6,9-12H,7-8,13-14H2,1-4H3.